The molecule has 8 heteroatoms. The number of benzene rings is 2. The maximum Gasteiger partial charge on any atom is 0.338 e. The molecule has 0 spiro atoms. The van der Waals surface area contributed by atoms with Crippen molar-refractivity contribution in [1.29, 1.82) is 0 Å². The van der Waals surface area contributed by atoms with Crippen molar-refractivity contribution in [1.82, 2.24) is 0 Å². The second-order valence-corrected chi connectivity index (χ2v) is 6.21. The minimum Gasteiger partial charge on any atom is -0.449 e. The van der Waals surface area contributed by atoms with Gasteiger partial charge in [-0.3, -0.25) is 4.79 Å². The summed E-state index contributed by atoms with van der Waals surface area (Å²) in [6, 6.07) is 8.91. The van der Waals surface area contributed by atoms with Gasteiger partial charge in [0.05, 0.1) is 16.3 Å². The summed E-state index contributed by atoms with van der Waals surface area (Å²) in [6.07, 6.45) is -1.04. The van der Waals surface area contributed by atoms with Crippen molar-refractivity contribution in [2.45, 2.75) is 13.0 Å². The summed E-state index contributed by atoms with van der Waals surface area (Å²) in [4.78, 5) is 24.1. The maximum absolute atomic E-state index is 12.1. The van der Waals surface area contributed by atoms with Crippen molar-refractivity contribution in [3.05, 3.63) is 57.0 Å². The Kier molecular flexibility index (Phi) is 5.94. The number of nitrogen functional groups attached to an aromatic ring is 1. The van der Waals surface area contributed by atoms with Crippen molar-refractivity contribution in [2.75, 3.05) is 11.1 Å². The molecule has 1 atom stereocenters. The number of amides is 1. The standard InChI is InChI=1S/C16H13Cl3N2O3/c1-8(15(22)21-12-6-10(17)5-11(18)7-12)24-16(23)9-2-3-13(19)14(20)4-9/h2-8H,20H2,1H3,(H,21,22)/t8-/m0/s1. The summed E-state index contributed by atoms with van der Waals surface area (Å²) in [5, 5.41) is 3.65. The molecule has 0 aromatic heterocycles. The van der Waals surface area contributed by atoms with Crippen molar-refractivity contribution < 1.29 is 14.3 Å². The van der Waals surface area contributed by atoms with Gasteiger partial charge in [-0.1, -0.05) is 34.8 Å². The van der Waals surface area contributed by atoms with Crippen LogP contribution in [0.5, 0.6) is 0 Å². The van der Waals surface area contributed by atoms with Gasteiger partial charge in [-0.25, -0.2) is 4.79 Å². The van der Waals surface area contributed by atoms with Gasteiger partial charge in [0.1, 0.15) is 0 Å². The third-order valence-electron chi connectivity index (χ3n) is 3.01. The smallest absolute Gasteiger partial charge is 0.338 e. The van der Waals surface area contributed by atoms with E-state index in [0.29, 0.717) is 20.8 Å². The van der Waals surface area contributed by atoms with E-state index in [0.717, 1.165) is 0 Å². The van der Waals surface area contributed by atoms with Crippen molar-refractivity contribution >= 4 is 58.1 Å². The van der Waals surface area contributed by atoms with Crippen LogP contribution < -0.4 is 11.1 Å². The first-order chi connectivity index (χ1) is 11.3. The number of nitrogens with two attached hydrogens (primary N) is 1. The number of rotatable bonds is 4. The third-order valence-corrected chi connectivity index (χ3v) is 3.80. The molecule has 0 unspecified atom stereocenters. The van der Waals surface area contributed by atoms with Gasteiger partial charge in [0.25, 0.3) is 5.91 Å². The second kappa shape index (κ2) is 7.75. The number of nitrogens with one attached hydrogen (secondary N) is 1. The van der Waals surface area contributed by atoms with Gasteiger partial charge in [-0.05, 0) is 43.3 Å². The molecule has 0 radical (unpaired) electrons. The van der Waals surface area contributed by atoms with Gasteiger partial charge in [-0.15, -0.1) is 0 Å². The van der Waals surface area contributed by atoms with Gasteiger partial charge < -0.3 is 15.8 Å². The summed E-state index contributed by atoms with van der Waals surface area (Å²) in [5.74, 6) is -1.21. The molecular formula is C16H13Cl3N2O3. The van der Waals surface area contributed by atoms with E-state index in [1.165, 1.54) is 43.3 Å². The first kappa shape index (κ1) is 18.4. The predicted molar refractivity (Wildman–Crippen MR) is 95.8 cm³/mol. The number of hydrogen-bond donors (Lipinski definition) is 2. The van der Waals surface area contributed by atoms with Gasteiger partial charge in [0.2, 0.25) is 0 Å². The maximum atomic E-state index is 12.1. The van der Waals surface area contributed by atoms with Crippen LogP contribution in [-0.4, -0.2) is 18.0 Å². The lowest BCUT2D eigenvalue weighted by molar-refractivity contribution is -0.123. The first-order valence-electron chi connectivity index (χ1n) is 6.79. The Hall–Kier alpha value is -1.95. The highest BCUT2D eigenvalue weighted by Crippen LogP contribution is 2.23. The van der Waals surface area contributed by atoms with Gasteiger partial charge in [-0.2, -0.15) is 0 Å². The lowest BCUT2D eigenvalue weighted by atomic mass is 10.2. The highest BCUT2D eigenvalue weighted by Gasteiger charge is 2.19. The minimum atomic E-state index is -1.04. The van der Waals surface area contributed by atoms with E-state index >= 15 is 0 Å². The van der Waals surface area contributed by atoms with E-state index in [9.17, 15) is 9.59 Å². The molecule has 1 amide bonds. The number of anilines is 2. The van der Waals surface area contributed by atoms with E-state index in [1.807, 2.05) is 0 Å². The van der Waals surface area contributed by atoms with Crippen LogP contribution in [0, 0.1) is 0 Å². The third kappa shape index (κ3) is 4.77. The first-order valence-corrected chi connectivity index (χ1v) is 7.92. The minimum absolute atomic E-state index is 0.197. The number of hydrogen-bond acceptors (Lipinski definition) is 4. The lowest BCUT2D eigenvalue weighted by Crippen LogP contribution is -2.30. The van der Waals surface area contributed by atoms with Gasteiger partial charge in [0, 0.05) is 15.7 Å². The molecule has 5 nitrogen and oxygen atoms in total. The van der Waals surface area contributed by atoms with Gasteiger partial charge in [0.15, 0.2) is 6.10 Å². The van der Waals surface area contributed by atoms with Crippen LogP contribution in [0.2, 0.25) is 15.1 Å². The summed E-state index contributed by atoms with van der Waals surface area (Å²) >= 11 is 17.5. The monoisotopic (exact) mass is 386 g/mol. The van der Waals surface area contributed by atoms with E-state index < -0.39 is 18.0 Å². The quantitative estimate of drug-likeness (QED) is 0.601. The molecule has 0 aliphatic heterocycles. The number of carbonyl (C=O) groups is 2. The van der Waals surface area contributed by atoms with Crippen LogP contribution in [0.4, 0.5) is 11.4 Å². The Morgan fingerprint density at radius 3 is 2.29 bits per heavy atom. The average molecular weight is 388 g/mol. The second-order valence-electron chi connectivity index (χ2n) is 4.93. The molecule has 0 saturated heterocycles. The molecule has 3 N–H and O–H groups in total. The summed E-state index contributed by atoms with van der Waals surface area (Å²) in [5.41, 5.74) is 6.48. The molecule has 24 heavy (non-hydrogen) atoms. The van der Waals surface area contributed by atoms with Crippen LogP contribution in [0.3, 0.4) is 0 Å². The van der Waals surface area contributed by atoms with Crippen LogP contribution >= 0.6 is 34.8 Å². The fourth-order valence-electron chi connectivity index (χ4n) is 1.82. The van der Waals surface area contributed by atoms with Crippen LogP contribution in [0.25, 0.3) is 0 Å². The van der Waals surface area contributed by atoms with Crippen molar-refractivity contribution in [3.8, 4) is 0 Å². The topological polar surface area (TPSA) is 81.4 Å². The molecule has 2 rings (SSSR count). The number of halogens is 3. The Morgan fingerprint density at radius 1 is 1.08 bits per heavy atom. The molecule has 0 aliphatic rings. The highest BCUT2D eigenvalue weighted by molar-refractivity contribution is 6.35. The largest absolute Gasteiger partial charge is 0.449 e. The molecule has 0 heterocycles. The zero-order valence-electron chi connectivity index (χ0n) is 12.5. The molecule has 0 saturated carbocycles. The predicted octanol–water partition coefficient (Wildman–Crippen LogP) is 4.41. The Bertz CT molecular complexity index is 776. The van der Waals surface area contributed by atoms with E-state index in [2.05, 4.69) is 5.32 Å². The van der Waals surface area contributed by atoms with E-state index in [-0.39, 0.29) is 11.3 Å². The molecule has 126 valence electrons. The van der Waals surface area contributed by atoms with Crippen LogP contribution in [-0.2, 0) is 9.53 Å². The highest BCUT2D eigenvalue weighted by atomic mass is 35.5. The zero-order chi connectivity index (χ0) is 17.9. The summed E-state index contributed by atoms with van der Waals surface area (Å²) in [7, 11) is 0. The molecule has 2 aromatic carbocycles. The van der Waals surface area contributed by atoms with Crippen molar-refractivity contribution in [2.24, 2.45) is 0 Å². The van der Waals surface area contributed by atoms with E-state index in [4.69, 9.17) is 45.3 Å². The summed E-state index contributed by atoms with van der Waals surface area (Å²) in [6.45, 7) is 1.44. The fourth-order valence-corrected chi connectivity index (χ4v) is 2.47. The van der Waals surface area contributed by atoms with Gasteiger partial charge >= 0.3 is 5.97 Å². The van der Waals surface area contributed by atoms with E-state index in [1.54, 1.807) is 0 Å². The Balaban J connectivity index is 2.02. The van der Waals surface area contributed by atoms with Crippen LogP contribution in [0.15, 0.2) is 36.4 Å². The fraction of sp³-hybridized carbons (Fsp3) is 0.125. The normalized spacial score (nSPS) is 11.7. The molecule has 2 aromatic rings. The molecule has 0 aliphatic carbocycles. The Morgan fingerprint density at radius 2 is 1.71 bits per heavy atom. The number of esters is 1. The number of carbonyl (C=O) groups excluding carboxylic acids is 2. The lowest BCUT2D eigenvalue weighted by Gasteiger charge is -2.14. The van der Waals surface area contributed by atoms with Crippen molar-refractivity contribution in [3.63, 3.8) is 0 Å². The molecule has 0 bridgehead atoms. The zero-order valence-corrected chi connectivity index (χ0v) is 14.7. The average Bonchev–Trinajstić information content (AvgIpc) is 2.48. The van der Waals surface area contributed by atoms with Crippen LogP contribution in [0.1, 0.15) is 17.3 Å². The summed E-state index contributed by atoms with van der Waals surface area (Å²) < 4.78 is 5.11. The number of ether oxygens (including phenoxy) is 1. The Labute approximate surface area is 153 Å². The molecule has 0 fully saturated rings. The molecular weight excluding hydrogens is 375 g/mol. The SMILES string of the molecule is C[C@H](OC(=O)c1ccc(Cl)c(N)c1)C(=O)Nc1cc(Cl)cc(Cl)c1.